The molecule has 1 unspecified atom stereocenters. The normalized spacial score (nSPS) is 18.9. The van der Waals surface area contributed by atoms with E-state index >= 15 is 0 Å². The molecule has 0 spiro atoms. The Bertz CT molecular complexity index is 539. The van der Waals surface area contributed by atoms with Gasteiger partial charge in [-0.1, -0.05) is 30.7 Å². The zero-order valence-corrected chi connectivity index (χ0v) is 12.6. The van der Waals surface area contributed by atoms with Crippen LogP contribution in [0.25, 0.3) is 0 Å². The van der Waals surface area contributed by atoms with Crippen LogP contribution >= 0.6 is 0 Å². The van der Waals surface area contributed by atoms with Crippen molar-refractivity contribution in [1.82, 2.24) is 0 Å². The molecule has 3 nitrogen and oxygen atoms in total. The molecule has 1 aliphatic carbocycles. The van der Waals surface area contributed by atoms with Gasteiger partial charge in [-0.15, -0.1) is 0 Å². The summed E-state index contributed by atoms with van der Waals surface area (Å²) in [6.45, 7) is 3.12. The van der Waals surface area contributed by atoms with Gasteiger partial charge in [0.25, 0.3) is 0 Å². The molecule has 1 saturated carbocycles. The molecule has 0 heterocycles. The van der Waals surface area contributed by atoms with Crippen LogP contribution in [-0.4, -0.2) is 24.5 Å². The van der Waals surface area contributed by atoms with Crippen molar-refractivity contribution in [3.63, 3.8) is 0 Å². The second-order valence-corrected chi connectivity index (χ2v) is 8.67. The highest BCUT2D eigenvalue weighted by Crippen LogP contribution is 2.37. The molecule has 1 aliphatic rings. The monoisotopic (exact) mass is 282 g/mol. The minimum atomic E-state index is -3.32. The van der Waals surface area contributed by atoms with Crippen molar-refractivity contribution in [3.05, 3.63) is 35.4 Å². The maximum absolute atomic E-state index is 11.7. The molecule has 19 heavy (non-hydrogen) atoms. The second-order valence-electron chi connectivity index (χ2n) is 6.07. The average molecular weight is 282 g/mol. The van der Waals surface area contributed by atoms with Crippen molar-refractivity contribution in [2.75, 3.05) is 6.26 Å². The lowest BCUT2D eigenvalue weighted by molar-refractivity contribution is 0.139. The van der Waals surface area contributed by atoms with E-state index in [0.29, 0.717) is 11.5 Å². The lowest BCUT2D eigenvalue weighted by Crippen LogP contribution is -2.37. The highest BCUT2D eigenvalue weighted by Gasteiger charge is 2.38. The number of sulfone groups is 1. The fourth-order valence-corrected chi connectivity index (χ4v) is 2.84. The molecule has 1 aromatic rings. The zero-order chi connectivity index (χ0) is 14.3. The number of aliphatic hydroxyl groups excluding tert-OH is 1. The maximum Gasteiger partial charge on any atom is 0.155 e. The Labute approximate surface area is 115 Å². The van der Waals surface area contributed by atoms with Gasteiger partial charge in [0.2, 0.25) is 0 Å². The van der Waals surface area contributed by atoms with Crippen LogP contribution in [0.5, 0.6) is 0 Å². The summed E-state index contributed by atoms with van der Waals surface area (Å²) < 4.78 is 22.3. The van der Waals surface area contributed by atoms with E-state index in [1.54, 1.807) is 13.8 Å². The Morgan fingerprint density at radius 1 is 1.21 bits per heavy atom. The molecule has 0 aromatic heterocycles. The summed E-state index contributed by atoms with van der Waals surface area (Å²) in [6.07, 6.45) is 3.92. The largest absolute Gasteiger partial charge is 0.387 e. The first-order valence-corrected chi connectivity index (χ1v) is 8.60. The molecule has 106 valence electrons. The predicted molar refractivity (Wildman–Crippen MR) is 76.9 cm³/mol. The average Bonchev–Trinajstić information content (AvgIpc) is 2.25. The minimum Gasteiger partial charge on any atom is -0.387 e. The molecule has 0 aliphatic heterocycles. The fourth-order valence-electron chi connectivity index (χ4n) is 2.30. The van der Waals surface area contributed by atoms with E-state index in [9.17, 15) is 13.5 Å². The number of benzene rings is 1. The lowest BCUT2D eigenvalue weighted by Gasteiger charge is -2.30. The molecule has 0 radical (unpaired) electrons. The van der Waals surface area contributed by atoms with Gasteiger partial charge in [0, 0.05) is 6.26 Å². The van der Waals surface area contributed by atoms with Crippen LogP contribution in [0.15, 0.2) is 24.3 Å². The molecule has 2 rings (SSSR count). The van der Waals surface area contributed by atoms with Crippen molar-refractivity contribution < 1.29 is 13.5 Å². The third kappa shape index (κ3) is 2.70. The Morgan fingerprint density at radius 3 is 2.11 bits per heavy atom. The SMILES string of the molecule is CC(C)(C(O)c1ccc(C2CCC2)cc1)S(C)(=O)=O. The van der Waals surface area contributed by atoms with Gasteiger partial charge in [-0.25, -0.2) is 8.42 Å². The summed E-state index contributed by atoms with van der Waals surface area (Å²) in [5, 5.41) is 10.3. The van der Waals surface area contributed by atoms with Gasteiger partial charge in [0.1, 0.15) is 0 Å². The van der Waals surface area contributed by atoms with Gasteiger partial charge < -0.3 is 5.11 Å². The topological polar surface area (TPSA) is 54.4 Å². The van der Waals surface area contributed by atoms with Gasteiger partial charge in [-0.3, -0.25) is 0 Å². The highest BCUT2D eigenvalue weighted by molar-refractivity contribution is 7.92. The van der Waals surface area contributed by atoms with E-state index < -0.39 is 20.7 Å². The van der Waals surface area contributed by atoms with Gasteiger partial charge in [-0.2, -0.15) is 0 Å². The van der Waals surface area contributed by atoms with E-state index in [-0.39, 0.29) is 0 Å². The van der Waals surface area contributed by atoms with E-state index in [1.807, 2.05) is 24.3 Å². The van der Waals surface area contributed by atoms with Gasteiger partial charge >= 0.3 is 0 Å². The second kappa shape index (κ2) is 4.91. The van der Waals surface area contributed by atoms with Crippen LogP contribution in [0.1, 0.15) is 56.3 Å². The van der Waals surface area contributed by atoms with Crippen LogP contribution in [0.4, 0.5) is 0 Å². The van der Waals surface area contributed by atoms with Gasteiger partial charge in [-0.05, 0) is 43.7 Å². The first-order valence-electron chi connectivity index (χ1n) is 6.71. The summed E-state index contributed by atoms with van der Waals surface area (Å²) in [5.41, 5.74) is 1.96. The molecule has 0 bridgehead atoms. The first-order chi connectivity index (χ1) is 8.73. The van der Waals surface area contributed by atoms with Gasteiger partial charge in [0.05, 0.1) is 10.9 Å². The van der Waals surface area contributed by atoms with Crippen molar-refractivity contribution in [2.45, 2.75) is 49.9 Å². The van der Waals surface area contributed by atoms with Crippen molar-refractivity contribution in [2.24, 2.45) is 0 Å². The Kier molecular flexibility index (Phi) is 3.76. The molecule has 0 amide bonds. The van der Waals surface area contributed by atoms with E-state index in [4.69, 9.17) is 0 Å². The van der Waals surface area contributed by atoms with Gasteiger partial charge in [0.15, 0.2) is 9.84 Å². The molecule has 4 heteroatoms. The van der Waals surface area contributed by atoms with E-state index in [0.717, 1.165) is 0 Å². The standard InChI is InChI=1S/C15H22O3S/c1-15(2,19(3,17)18)14(16)13-9-7-12(8-10-13)11-5-4-6-11/h7-11,14,16H,4-6H2,1-3H3. The molecule has 1 aromatic carbocycles. The first kappa shape index (κ1) is 14.5. The summed E-state index contributed by atoms with van der Waals surface area (Å²) in [7, 11) is -3.32. The van der Waals surface area contributed by atoms with E-state index in [1.165, 1.54) is 31.1 Å². The minimum absolute atomic E-state index is 0.647. The summed E-state index contributed by atoms with van der Waals surface area (Å²) in [4.78, 5) is 0. The maximum atomic E-state index is 11.7. The van der Waals surface area contributed by atoms with Crippen molar-refractivity contribution in [1.29, 1.82) is 0 Å². The lowest BCUT2D eigenvalue weighted by atomic mass is 9.79. The Balaban J connectivity index is 2.22. The highest BCUT2D eigenvalue weighted by atomic mass is 32.2. The van der Waals surface area contributed by atoms with Crippen molar-refractivity contribution >= 4 is 9.84 Å². The number of hydrogen-bond acceptors (Lipinski definition) is 3. The molecule has 0 saturated heterocycles. The third-order valence-electron chi connectivity index (χ3n) is 4.44. The fraction of sp³-hybridized carbons (Fsp3) is 0.600. The molecule has 1 fully saturated rings. The quantitative estimate of drug-likeness (QED) is 0.924. The van der Waals surface area contributed by atoms with Crippen LogP contribution in [0.2, 0.25) is 0 Å². The predicted octanol–water partition coefficient (Wildman–Crippen LogP) is 2.81. The molecule has 1 atom stereocenters. The molecular formula is C15H22O3S. The number of rotatable bonds is 4. The Morgan fingerprint density at radius 2 is 1.74 bits per heavy atom. The number of hydrogen-bond donors (Lipinski definition) is 1. The summed E-state index contributed by atoms with van der Waals surface area (Å²) in [6, 6.07) is 7.73. The summed E-state index contributed by atoms with van der Waals surface area (Å²) in [5.74, 6) is 0.647. The van der Waals surface area contributed by atoms with Crippen LogP contribution < -0.4 is 0 Å². The van der Waals surface area contributed by atoms with Crippen LogP contribution in [-0.2, 0) is 9.84 Å². The zero-order valence-electron chi connectivity index (χ0n) is 11.8. The van der Waals surface area contributed by atoms with E-state index in [2.05, 4.69) is 0 Å². The van der Waals surface area contributed by atoms with Crippen molar-refractivity contribution in [3.8, 4) is 0 Å². The molecule has 1 N–H and O–H groups in total. The smallest absolute Gasteiger partial charge is 0.155 e. The van der Waals surface area contributed by atoms with Crippen LogP contribution in [0.3, 0.4) is 0 Å². The Hall–Kier alpha value is -0.870. The summed E-state index contributed by atoms with van der Waals surface area (Å²) >= 11 is 0. The third-order valence-corrected chi connectivity index (χ3v) is 6.58. The molecular weight excluding hydrogens is 260 g/mol. The van der Waals surface area contributed by atoms with Crippen LogP contribution in [0, 0.1) is 0 Å². The number of aliphatic hydroxyl groups is 1.